The van der Waals surface area contributed by atoms with Crippen LogP contribution < -0.4 is 0 Å². The highest BCUT2D eigenvalue weighted by Gasteiger charge is 2.40. The zero-order chi connectivity index (χ0) is 27.2. The van der Waals surface area contributed by atoms with Gasteiger partial charge in [-0.3, -0.25) is 4.79 Å². The first-order chi connectivity index (χ1) is 17.6. The van der Waals surface area contributed by atoms with Gasteiger partial charge in [-0.1, -0.05) is 119 Å². The van der Waals surface area contributed by atoms with Gasteiger partial charge in [0.25, 0.3) is 0 Å². The molecular formula is C33H48O3Si. The van der Waals surface area contributed by atoms with Crippen LogP contribution in [-0.2, 0) is 14.0 Å². The molecule has 0 amide bonds. The molecule has 0 fully saturated rings. The van der Waals surface area contributed by atoms with Crippen molar-refractivity contribution in [3.63, 3.8) is 0 Å². The predicted molar refractivity (Wildman–Crippen MR) is 160 cm³/mol. The maximum absolute atomic E-state index is 11.2. The van der Waals surface area contributed by atoms with Crippen LogP contribution in [0.5, 0.6) is 0 Å². The molecule has 0 bridgehead atoms. The lowest BCUT2D eigenvalue weighted by Crippen LogP contribution is -2.42. The van der Waals surface area contributed by atoms with Crippen molar-refractivity contribution < 1.29 is 14.0 Å². The average molecular weight is 521 g/mol. The molecule has 0 spiro atoms. The van der Waals surface area contributed by atoms with Crippen LogP contribution in [0.2, 0.25) is 18.1 Å². The third-order valence-electron chi connectivity index (χ3n) is 7.31. The van der Waals surface area contributed by atoms with Gasteiger partial charge in [0.15, 0.2) is 8.32 Å². The number of esters is 1. The highest BCUT2D eigenvalue weighted by molar-refractivity contribution is 6.74. The molecule has 0 aliphatic rings. The van der Waals surface area contributed by atoms with Crippen LogP contribution in [0.25, 0.3) is 6.08 Å². The van der Waals surface area contributed by atoms with Gasteiger partial charge in [0.05, 0.1) is 13.2 Å². The summed E-state index contributed by atoms with van der Waals surface area (Å²) in [6.07, 6.45) is 14.9. The monoisotopic (exact) mass is 520 g/mol. The lowest BCUT2D eigenvalue weighted by atomic mass is 9.96. The Morgan fingerprint density at radius 3 is 2.08 bits per heavy atom. The molecule has 0 saturated heterocycles. The standard InChI is InChI=1S/C33H48O3Si/c1-33(2,3)37(5,6)36-32(29-23-18-14-19-24-29)30(27-28-21-15-13-16-22-28)25-17-11-9-7-8-10-12-20-26-31(34)35-4/h11,13-19,21-24,27,32H,7-10,12,20,25-26H2,1-6H3/b17-11+,30-27-. The Morgan fingerprint density at radius 2 is 1.46 bits per heavy atom. The van der Waals surface area contributed by atoms with E-state index in [1.54, 1.807) is 0 Å². The molecule has 1 unspecified atom stereocenters. The van der Waals surface area contributed by atoms with Crippen LogP contribution >= 0.6 is 0 Å². The minimum absolute atomic E-state index is 0.0678. The quantitative estimate of drug-likeness (QED) is 0.101. The normalized spacial score (nSPS) is 13.6. The van der Waals surface area contributed by atoms with Crippen molar-refractivity contribution in [3.8, 4) is 0 Å². The summed E-state index contributed by atoms with van der Waals surface area (Å²) in [5, 5.41) is 0.130. The molecule has 0 aromatic heterocycles. The minimum Gasteiger partial charge on any atom is -0.469 e. The average Bonchev–Trinajstić information content (AvgIpc) is 2.88. The van der Waals surface area contributed by atoms with E-state index in [-0.39, 0.29) is 17.1 Å². The molecule has 2 rings (SSSR count). The maximum atomic E-state index is 11.2. The lowest BCUT2D eigenvalue weighted by Gasteiger charge is -2.40. The number of allylic oxidation sites excluding steroid dienone is 2. The number of rotatable bonds is 15. The molecule has 0 aliphatic heterocycles. The highest BCUT2D eigenvalue weighted by atomic mass is 28.4. The third-order valence-corrected chi connectivity index (χ3v) is 11.7. The molecule has 3 nitrogen and oxygen atoms in total. The number of hydrogen-bond donors (Lipinski definition) is 0. The van der Waals surface area contributed by atoms with Crippen LogP contribution in [0.15, 0.2) is 78.4 Å². The van der Waals surface area contributed by atoms with E-state index in [0.717, 1.165) is 25.7 Å². The van der Waals surface area contributed by atoms with E-state index < -0.39 is 8.32 Å². The predicted octanol–water partition coefficient (Wildman–Crippen LogP) is 9.68. The molecule has 0 radical (unpaired) electrons. The van der Waals surface area contributed by atoms with Crippen molar-refractivity contribution in [2.75, 3.05) is 7.11 Å². The fraction of sp³-hybridized carbons (Fsp3) is 0.485. The molecule has 2 aromatic carbocycles. The van der Waals surface area contributed by atoms with Gasteiger partial charge in [-0.2, -0.15) is 0 Å². The van der Waals surface area contributed by atoms with Crippen LogP contribution in [0.3, 0.4) is 0 Å². The van der Waals surface area contributed by atoms with Crippen molar-refractivity contribution in [1.82, 2.24) is 0 Å². The molecule has 0 aliphatic carbocycles. The van der Waals surface area contributed by atoms with E-state index in [0.29, 0.717) is 6.42 Å². The minimum atomic E-state index is -2.01. The van der Waals surface area contributed by atoms with Gasteiger partial charge in [-0.15, -0.1) is 0 Å². The van der Waals surface area contributed by atoms with E-state index in [1.807, 2.05) is 0 Å². The number of carbonyl (C=O) groups excluding carboxylic acids is 1. The van der Waals surface area contributed by atoms with Gasteiger partial charge in [0.2, 0.25) is 0 Å². The molecule has 1 atom stereocenters. The smallest absolute Gasteiger partial charge is 0.305 e. The van der Waals surface area contributed by atoms with Gasteiger partial charge in [0, 0.05) is 6.42 Å². The number of ether oxygens (including phenoxy) is 1. The summed E-state index contributed by atoms with van der Waals surface area (Å²) in [5.41, 5.74) is 3.72. The number of unbranched alkanes of at least 4 members (excludes halogenated alkanes) is 5. The zero-order valence-corrected chi connectivity index (χ0v) is 25.0. The summed E-state index contributed by atoms with van der Waals surface area (Å²) in [5.74, 6) is -0.103. The summed E-state index contributed by atoms with van der Waals surface area (Å²) >= 11 is 0. The Morgan fingerprint density at radius 1 is 0.865 bits per heavy atom. The molecule has 37 heavy (non-hydrogen) atoms. The molecule has 0 heterocycles. The molecule has 0 saturated carbocycles. The largest absolute Gasteiger partial charge is 0.469 e. The number of benzene rings is 2. The molecular weight excluding hydrogens is 472 g/mol. The van der Waals surface area contributed by atoms with E-state index in [1.165, 1.54) is 43.1 Å². The maximum Gasteiger partial charge on any atom is 0.305 e. The Kier molecular flexibility index (Phi) is 13.1. The highest BCUT2D eigenvalue weighted by Crippen LogP contribution is 2.42. The van der Waals surface area contributed by atoms with Crippen molar-refractivity contribution in [3.05, 3.63) is 89.5 Å². The Labute approximate surface area is 227 Å². The second-order valence-corrected chi connectivity index (χ2v) is 16.1. The number of hydrogen-bond acceptors (Lipinski definition) is 3. The first-order valence-electron chi connectivity index (χ1n) is 13.8. The second-order valence-electron chi connectivity index (χ2n) is 11.4. The fourth-order valence-electron chi connectivity index (χ4n) is 3.96. The van der Waals surface area contributed by atoms with Crippen molar-refractivity contribution in [2.45, 2.75) is 96.4 Å². The summed E-state index contributed by atoms with van der Waals surface area (Å²) in [6.45, 7) is 11.6. The fourth-order valence-corrected chi connectivity index (χ4v) is 5.19. The number of carbonyl (C=O) groups is 1. The molecule has 0 N–H and O–H groups in total. The van der Waals surface area contributed by atoms with Gasteiger partial charge >= 0.3 is 5.97 Å². The zero-order valence-electron chi connectivity index (χ0n) is 24.0. The van der Waals surface area contributed by atoms with Crippen LogP contribution in [0, 0.1) is 0 Å². The van der Waals surface area contributed by atoms with E-state index >= 15 is 0 Å². The van der Waals surface area contributed by atoms with E-state index in [4.69, 9.17) is 9.16 Å². The topological polar surface area (TPSA) is 35.5 Å². The van der Waals surface area contributed by atoms with E-state index in [2.05, 4.69) is 113 Å². The van der Waals surface area contributed by atoms with E-state index in [9.17, 15) is 4.79 Å². The first kappa shape index (κ1) is 30.8. The Balaban J connectivity index is 2.11. The first-order valence-corrected chi connectivity index (χ1v) is 16.7. The summed E-state index contributed by atoms with van der Waals surface area (Å²) in [6, 6.07) is 21.3. The van der Waals surface area contributed by atoms with Gasteiger partial charge < -0.3 is 9.16 Å². The van der Waals surface area contributed by atoms with Gasteiger partial charge in [-0.25, -0.2) is 0 Å². The van der Waals surface area contributed by atoms with Crippen LogP contribution in [0.1, 0.15) is 89.4 Å². The van der Waals surface area contributed by atoms with Crippen molar-refractivity contribution >= 4 is 20.4 Å². The summed E-state index contributed by atoms with van der Waals surface area (Å²) in [4.78, 5) is 11.2. The van der Waals surface area contributed by atoms with Crippen LogP contribution in [-0.4, -0.2) is 21.4 Å². The number of methoxy groups -OCH3 is 1. The summed E-state index contributed by atoms with van der Waals surface area (Å²) in [7, 11) is -0.556. The van der Waals surface area contributed by atoms with Crippen molar-refractivity contribution in [1.29, 1.82) is 0 Å². The molecule has 2 aromatic rings. The lowest BCUT2D eigenvalue weighted by molar-refractivity contribution is -0.140. The Bertz CT molecular complexity index is 972. The second kappa shape index (κ2) is 15.7. The van der Waals surface area contributed by atoms with Crippen molar-refractivity contribution in [2.24, 2.45) is 0 Å². The molecule has 4 heteroatoms. The van der Waals surface area contributed by atoms with Crippen LogP contribution in [0.4, 0.5) is 0 Å². The third kappa shape index (κ3) is 11.2. The summed E-state index contributed by atoms with van der Waals surface area (Å²) < 4.78 is 11.8. The SMILES string of the molecule is COC(=O)CCCCCCC/C=C/C/C(=C/c1ccccc1)C(O[Si](C)(C)C(C)(C)C)c1ccccc1. The van der Waals surface area contributed by atoms with Gasteiger partial charge in [-0.05, 0) is 60.5 Å². The molecule has 202 valence electrons. The Hall–Kier alpha value is -2.43. The van der Waals surface area contributed by atoms with Gasteiger partial charge in [0.1, 0.15) is 0 Å².